The maximum atomic E-state index is 12.1. The fourth-order valence-electron chi connectivity index (χ4n) is 2.06. The van der Waals surface area contributed by atoms with Gasteiger partial charge in [0.1, 0.15) is 0 Å². The van der Waals surface area contributed by atoms with E-state index in [1.54, 1.807) is 4.90 Å². The smallest absolute Gasteiger partial charge is 0.230 e. The fourth-order valence-corrected chi connectivity index (χ4v) is 2.06. The van der Waals surface area contributed by atoms with Crippen molar-refractivity contribution in [2.24, 2.45) is 5.92 Å². The van der Waals surface area contributed by atoms with E-state index in [0.29, 0.717) is 0 Å². The summed E-state index contributed by atoms with van der Waals surface area (Å²) in [6.07, 6.45) is 1.21. The molecule has 0 saturated carbocycles. The van der Waals surface area contributed by atoms with E-state index in [1.165, 1.54) is 5.56 Å². The Morgan fingerprint density at radius 1 is 1.56 bits per heavy atom. The summed E-state index contributed by atoms with van der Waals surface area (Å²) in [7, 11) is 0. The minimum absolute atomic E-state index is 0.0616. The lowest BCUT2D eigenvalue weighted by Gasteiger charge is -2.20. The van der Waals surface area contributed by atoms with E-state index in [1.807, 2.05) is 31.2 Å². The van der Waals surface area contributed by atoms with Crippen molar-refractivity contribution in [2.75, 3.05) is 11.4 Å². The minimum Gasteiger partial charge on any atom is -0.312 e. The Morgan fingerprint density at radius 2 is 2.31 bits per heavy atom. The molecule has 1 aromatic carbocycles. The number of benzene rings is 1. The standard InChI is InChI=1S/C13H14N2O/c1-10(6-8-14)13(16)15-9-7-11-4-2-3-5-12(11)15/h2-5,10H,6-7,9H2,1H3. The molecule has 2 rings (SSSR count). The Balaban J connectivity index is 2.20. The first-order valence-corrected chi connectivity index (χ1v) is 5.50. The van der Waals surface area contributed by atoms with E-state index in [-0.39, 0.29) is 18.2 Å². The van der Waals surface area contributed by atoms with Crippen molar-refractivity contribution >= 4 is 11.6 Å². The summed E-state index contributed by atoms with van der Waals surface area (Å²) in [5, 5.41) is 8.60. The highest BCUT2D eigenvalue weighted by atomic mass is 16.2. The maximum Gasteiger partial charge on any atom is 0.230 e. The second-order valence-corrected chi connectivity index (χ2v) is 4.13. The first kappa shape index (κ1) is 10.7. The Morgan fingerprint density at radius 3 is 3.06 bits per heavy atom. The molecular weight excluding hydrogens is 200 g/mol. The SMILES string of the molecule is CC(CC#N)C(=O)N1CCc2ccccc21. The zero-order valence-electron chi connectivity index (χ0n) is 9.31. The number of anilines is 1. The number of hydrogen-bond acceptors (Lipinski definition) is 2. The highest BCUT2D eigenvalue weighted by Crippen LogP contribution is 2.28. The number of nitriles is 1. The van der Waals surface area contributed by atoms with E-state index >= 15 is 0 Å². The molecule has 1 atom stereocenters. The molecule has 0 aliphatic carbocycles. The molecule has 0 fully saturated rings. The summed E-state index contributed by atoms with van der Waals surface area (Å²) in [6.45, 7) is 2.56. The second-order valence-electron chi connectivity index (χ2n) is 4.13. The molecule has 1 amide bonds. The van der Waals surface area contributed by atoms with Crippen LogP contribution in [0.15, 0.2) is 24.3 Å². The van der Waals surface area contributed by atoms with Gasteiger partial charge in [-0.05, 0) is 18.1 Å². The van der Waals surface area contributed by atoms with E-state index in [0.717, 1.165) is 18.7 Å². The molecule has 1 unspecified atom stereocenters. The van der Waals surface area contributed by atoms with Crippen LogP contribution in [0.25, 0.3) is 0 Å². The summed E-state index contributed by atoms with van der Waals surface area (Å²) in [4.78, 5) is 13.9. The van der Waals surface area contributed by atoms with Gasteiger partial charge in [0.25, 0.3) is 0 Å². The number of rotatable bonds is 2. The van der Waals surface area contributed by atoms with Crippen LogP contribution < -0.4 is 4.90 Å². The first-order chi connectivity index (χ1) is 7.74. The highest BCUT2D eigenvalue weighted by Gasteiger charge is 2.27. The van der Waals surface area contributed by atoms with Crippen molar-refractivity contribution in [1.29, 1.82) is 5.26 Å². The van der Waals surface area contributed by atoms with Crippen molar-refractivity contribution in [2.45, 2.75) is 19.8 Å². The predicted molar refractivity (Wildman–Crippen MR) is 61.9 cm³/mol. The number of nitrogens with zero attached hydrogens (tertiary/aromatic N) is 2. The quantitative estimate of drug-likeness (QED) is 0.757. The summed E-state index contributed by atoms with van der Waals surface area (Å²) < 4.78 is 0. The largest absolute Gasteiger partial charge is 0.312 e. The lowest BCUT2D eigenvalue weighted by Crippen LogP contribution is -2.33. The van der Waals surface area contributed by atoms with Crippen LogP contribution in [-0.2, 0) is 11.2 Å². The van der Waals surface area contributed by atoms with Crippen LogP contribution >= 0.6 is 0 Å². The van der Waals surface area contributed by atoms with Gasteiger partial charge in [-0.1, -0.05) is 25.1 Å². The summed E-state index contributed by atoms with van der Waals surface area (Å²) in [6, 6.07) is 10.0. The zero-order chi connectivity index (χ0) is 11.5. The van der Waals surface area contributed by atoms with Gasteiger partial charge >= 0.3 is 0 Å². The van der Waals surface area contributed by atoms with E-state index < -0.39 is 0 Å². The van der Waals surface area contributed by atoms with Gasteiger partial charge in [0, 0.05) is 24.6 Å². The third-order valence-electron chi connectivity index (χ3n) is 2.97. The van der Waals surface area contributed by atoms with Crippen molar-refractivity contribution in [3.63, 3.8) is 0 Å². The van der Waals surface area contributed by atoms with Crippen LogP contribution in [0.3, 0.4) is 0 Å². The van der Waals surface area contributed by atoms with Crippen LogP contribution in [0.4, 0.5) is 5.69 Å². The zero-order valence-corrected chi connectivity index (χ0v) is 9.31. The Bertz CT molecular complexity index is 447. The molecule has 0 N–H and O–H groups in total. The Hall–Kier alpha value is -1.82. The molecule has 3 nitrogen and oxygen atoms in total. The van der Waals surface area contributed by atoms with Gasteiger partial charge in [0.15, 0.2) is 0 Å². The molecule has 0 radical (unpaired) electrons. The second kappa shape index (κ2) is 4.36. The summed E-state index contributed by atoms with van der Waals surface area (Å²) in [5.74, 6) is -0.150. The van der Waals surface area contributed by atoms with Gasteiger partial charge in [-0.15, -0.1) is 0 Å². The monoisotopic (exact) mass is 214 g/mol. The number of hydrogen-bond donors (Lipinski definition) is 0. The van der Waals surface area contributed by atoms with Crippen LogP contribution in [0.5, 0.6) is 0 Å². The number of para-hydroxylation sites is 1. The van der Waals surface area contributed by atoms with E-state index in [4.69, 9.17) is 5.26 Å². The molecule has 1 aliphatic heterocycles. The number of carbonyl (C=O) groups is 1. The van der Waals surface area contributed by atoms with Crippen molar-refractivity contribution in [1.82, 2.24) is 0 Å². The van der Waals surface area contributed by atoms with Crippen molar-refractivity contribution < 1.29 is 4.79 Å². The summed E-state index contributed by atoms with van der Waals surface area (Å²) in [5.41, 5.74) is 2.23. The molecule has 3 heteroatoms. The van der Waals surface area contributed by atoms with Crippen LogP contribution in [0.1, 0.15) is 18.9 Å². The average Bonchev–Trinajstić information content (AvgIpc) is 2.72. The molecule has 0 bridgehead atoms. The van der Waals surface area contributed by atoms with Gasteiger partial charge < -0.3 is 4.90 Å². The molecule has 82 valence electrons. The third-order valence-corrected chi connectivity index (χ3v) is 2.97. The highest BCUT2D eigenvalue weighted by molar-refractivity contribution is 5.96. The molecule has 0 spiro atoms. The van der Waals surface area contributed by atoms with E-state index in [9.17, 15) is 4.79 Å². The molecule has 0 aromatic heterocycles. The van der Waals surface area contributed by atoms with Crippen LogP contribution in [0.2, 0.25) is 0 Å². The molecular formula is C13H14N2O. The average molecular weight is 214 g/mol. The van der Waals surface area contributed by atoms with Crippen molar-refractivity contribution in [3.05, 3.63) is 29.8 Å². The molecule has 1 heterocycles. The predicted octanol–water partition coefficient (Wildman–Crippen LogP) is 2.13. The van der Waals surface area contributed by atoms with Gasteiger partial charge in [0.05, 0.1) is 6.07 Å². The lowest BCUT2D eigenvalue weighted by atomic mass is 10.1. The third kappa shape index (κ3) is 1.79. The first-order valence-electron chi connectivity index (χ1n) is 5.50. The van der Waals surface area contributed by atoms with Gasteiger partial charge in [-0.3, -0.25) is 4.79 Å². The molecule has 1 aliphatic rings. The van der Waals surface area contributed by atoms with Crippen molar-refractivity contribution in [3.8, 4) is 6.07 Å². The number of fused-ring (bicyclic) bond motifs is 1. The topological polar surface area (TPSA) is 44.1 Å². The van der Waals surface area contributed by atoms with Crippen LogP contribution in [-0.4, -0.2) is 12.5 Å². The fraction of sp³-hybridized carbons (Fsp3) is 0.385. The lowest BCUT2D eigenvalue weighted by molar-refractivity contribution is -0.121. The van der Waals surface area contributed by atoms with Crippen LogP contribution in [0, 0.1) is 17.2 Å². The van der Waals surface area contributed by atoms with Gasteiger partial charge in [-0.25, -0.2) is 0 Å². The van der Waals surface area contributed by atoms with Gasteiger partial charge in [0.2, 0.25) is 5.91 Å². The Labute approximate surface area is 95.3 Å². The van der Waals surface area contributed by atoms with E-state index in [2.05, 4.69) is 6.07 Å². The normalized spacial score (nSPS) is 15.4. The molecule has 1 aromatic rings. The maximum absolute atomic E-state index is 12.1. The minimum atomic E-state index is -0.212. The van der Waals surface area contributed by atoms with Gasteiger partial charge in [-0.2, -0.15) is 5.26 Å². The Kier molecular flexibility index (Phi) is 2.91. The molecule has 16 heavy (non-hydrogen) atoms. The number of amides is 1. The number of carbonyl (C=O) groups excluding carboxylic acids is 1. The molecule has 0 saturated heterocycles. The summed E-state index contributed by atoms with van der Waals surface area (Å²) >= 11 is 0.